The Balaban J connectivity index is 1.80. The van der Waals surface area contributed by atoms with E-state index in [1.165, 1.54) is 13.2 Å². The van der Waals surface area contributed by atoms with Gasteiger partial charge in [-0.25, -0.2) is 4.79 Å². The van der Waals surface area contributed by atoms with Gasteiger partial charge in [0.25, 0.3) is 11.6 Å². The van der Waals surface area contributed by atoms with E-state index in [1.54, 1.807) is 23.6 Å². The normalized spacial score (nSPS) is 15.3. The van der Waals surface area contributed by atoms with Gasteiger partial charge in [-0.3, -0.25) is 14.9 Å². The van der Waals surface area contributed by atoms with E-state index in [9.17, 15) is 19.7 Å². The summed E-state index contributed by atoms with van der Waals surface area (Å²) in [7, 11) is 1.36. The fourth-order valence-corrected chi connectivity index (χ4v) is 4.43. The Morgan fingerprint density at radius 2 is 2.00 bits per heavy atom. The first-order valence-corrected chi connectivity index (χ1v) is 11.0. The second kappa shape index (κ2) is 10.4. The third-order valence-corrected chi connectivity index (χ3v) is 6.11. The number of carbonyl (C=O) groups is 2. The molecule has 0 spiro atoms. The Bertz CT molecular complexity index is 1030. The van der Waals surface area contributed by atoms with E-state index in [2.05, 4.69) is 6.92 Å². The van der Waals surface area contributed by atoms with E-state index < -0.39 is 29.1 Å². The highest BCUT2D eigenvalue weighted by atomic mass is 32.2. The number of fused-ring (bicyclic) bond motifs is 1. The topological polar surface area (TPSA) is 108 Å². The molecule has 0 aliphatic carbocycles. The lowest BCUT2D eigenvalue weighted by molar-refractivity contribution is -0.385. The van der Waals surface area contributed by atoms with Crippen LogP contribution >= 0.6 is 11.8 Å². The number of hydrogen-bond acceptors (Lipinski definition) is 8. The number of carbonyl (C=O) groups excluding carboxylic acids is 2. The van der Waals surface area contributed by atoms with Crippen LogP contribution < -0.4 is 14.4 Å². The van der Waals surface area contributed by atoms with Crippen LogP contribution in [0.3, 0.4) is 0 Å². The zero-order valence-corrected chi connectivity index (χ0v) is 18.8. The average Bonchev–Trinajstić information content (AvgIpc) is 2.95. The van der Waals surface area contributed by atoms with Crippen molar-refractivity contribution < 1.29 is 28.7 Å². The molecule has 1 heterocycles. The largest absolute Gasteiger partial charge is 0.493 e. The van der Waals surface area contributed by atoms with Crippen molar-refractivity contribution in [3.05, 3.63) is 52.1 Å². The Kier molecular flexibility index (Phi) is 7.57. The van der Waals surface area contributed by atoms with Crippen molar-refractivity contribution in [2.45, 2.75) is 30.4 Å². The SMILES string of the molecule is CCOc1cc([N+](=O)[O-])c(C(=O)OCC(=O)N2CCC(C)Sc3ccccc32)cc1OC. The van der Waals surface area contributed by atoms with Crippen molar-refractivity contribution in [2.24, 2.45) is 0 Å². The van der Waals surface area contributed by atoms with E-state index in [0.717, 1.165) is 23.1 Å². The molecule has 0 fully saturated rings. The number of nitrogens with zero attached hydrogens (tertiary/aromatic N) is 2. The van der Waals surface area contributed by atoms with E-state index >= 15 is 0 Å². The maximum atomic E-state index is 12.9. The number of benzene rings is 2. The number of hydrogen-bond donors (Lipinski definition) is 0. The molecule has 1 aliphatic rings. The standard InChI is InChI=1S/C22H24N2O7S/c1-4-30-19-12-17(24(27)28)15(11-18(19)29-3)22(26)31-13-21(25)23-10-9-14(2)32-20-8-6-5-7-16(20)23/h5-8,11-12,14H,4,9-10,13H2,1-3H3. The lowest BCUT2D eigenvalue weighted by Crippen LogP contribution is -2.35. The monoisotopic (exact) mass is 460 g/mol. The molecule has 0 bridgehead atoms. The molecule has 1 aliphatic heterocycles. The summed E-state index contributed by atoms with van der Waals surface area (Å²) in [6.45, 7) is 4.02. The summed E-state index contributed by atoms with van der Waals surface area (Å²) in [4.78, 5) is 38.9. The maximum absolute atomic E-state index is 12.9. The van der Waals surface area contributed by atoms with Gasteiger partial charge in [0.05, 0.1) is 30.4 Å². The Hall–Kier alpha value is -3.27. The zero-order chi connectivity index (χ0) is 23.3. The second-order valence-electron chi connectivity index (χ2n) is 7.02. The minimum Gasteiger partial charge on any atom is -0.493 e. The number of rotatable bonds is 7. The Morgan fingerprint density at radius 3 is 2.69 bits per heavy atom. The summed E-state index contributed by atoms with van der Waals surface area (Å²) in [6, 6.07) is 9.86. The van der Waals surface area contributed by atoms with Gasteiger partial charge in [-0.1, -0.05) is 19.1 Å². The molecule has 9 nitrogen and oxygen atoms in total. The van der Waals surface area contributed by atoms with E-state index in [1.807, 2.05) is 24.3 Å². The molecule has 0 N–H and O–H groups in total. The highest BCUT2D eigenvalue weighted by Gasteiger charge is 2.28. The van der Waals surface area contributed by atoms with Crippen molar-refractivity contribution in [3.63, 3.8) is 0 Å². The van der Waals surface area contributed by atoms with Gasteiger partial charge >= 0.3 is 5.97 Å². The molecule has 0 saturated heterocycles. The predicted molar refractivity (Wildman–Crippen MR) is 120 cm³/mol. The number of nitro benzene ring substituents is 1. The number of thioether (sulfide) groups is 1. The fraction of sp³-hybridized carbons (Fsp3) is 0.364. The minimum atomic E-state index is -0.989. The molecule has 1 unspecified atom stereocenters. The van der Waals surface area contributed by atoms with Crippen LogP contribution in [0.2, 0.25) is 0 Å². The van der Waals surface area contributed by atoms with Crippen molar-refractivity contribution in [1.29, 1.82) is 0 Å². The zero-order valence-electron chi connectivity index (χ0n) is 18.0. The van der Waals surface area contributed by atoms with Crippen LogP contribution in [0.25, 0.3) is 0 Å². The first kappa shape index (κ1) is 23.4. The first-order valence-electron chi connectivity index (χ1n) is 10.1. The number of nitro groups is 1. The summed E-state index contributed by atoms with van der Waals surface area (Å²) >= 11 is 1.69. The van der Waals surface area contributed by atoms with Crippen LogP contribution in [0, 0.1) is 10.1 Å². The van der Waals surface area contributed by atoms with Gasteiger partial charge in [-0.15, -0.1) is 11.8 Å². The number of para-hydroxylation sites is 1. The quantitative estimate of drug-likeness (QED) is 0.346. The molecule has 3 rings (SSSR count). The van der Waals surface area contributed by atoms with Gasteiger partial charge in [0.2, 0.25) is 0 Å². The van der Waals surface area contributed by atoms with E-state index in [4.69, 9.17) is 14.2 Å². The lowest BCUT2D eigenvalue weighted by Gasteiger charge is -2.22. The average molecular weight is 461 g/mol. The Labute approximate surface area is 189 Å². The van der Waals surface area contributed by atoms with Crippen LogP contribution in [-0.2, 0) is 9.53 Å². The van der Waals surface area contributed by atoms with Crippen LogP contribution in [0.5, 0.6) is 11.5 Å². The van der Waals surface area contributed by atoms with Crippen LogP contribution in [0.4, 0.5) is 11.4 Å². The summed E-state index contributed by atoms with van der Waals surface area (Å²) < 4.78 is 15.7. The third-order valence-electron chi connectivity index (χ3n) is 4.87. The number of ether oxygens (including phenoxy) is 3. The van der Waals surface area contributed by atoms with Crippen molar-refractivity contribution >= 4 is 35.0 Å². The lowest BCUT2D eigenvalue weighted by atomic mass is 10.1. The molecule has 0 aromatic heterocycles. The van der Waals surface area contributed by atoms with Gasteiger partial charge in [-0.05, 0) is 25.5 Å². The number of amides is 1. The summed E-state index contributed by atoms with van der Waals surface area (Å²) in [5.74, 6) is -1.09. The molecule has 2 aromatic rings. The Morgan fingerprint density at radius 1 is 1.25 bits per heavy atom. The summed E-state index contributed by atoms with van der Waals surface area (Å²) in [6.07, 6.45) is 0.778. The predicted octanol–water partition coefficient (Wildman–Crippen LogP) is 4.08. The van der Waals surface area contributed by atoms with Gasteiger partial charge < -0.3 is 19.1 Å². The van der Waals surface area contributed by atoms with Crippen LogP contribution in [-0.4, -0.2) is 48.9 Å². The molecular formula is C22H24N2O7S. The fourth-order valence-electron chi connectivity index (χ4n) is 3.32. The number of methoxy groups -OCH3 is 1. The van der Waals surface area contributed by atoms with Crippen molar-refractivity contribution in [2.75, 3.05) is 31.8 Å². The number of anilines is 1. The molecule has 2 aromatic carbocycles. The van der Waals surface area contributed by atoms with Crippen LogP contribution in [0.1, 0.15) is 30.6 Å². The molecular weight excluding hydrogens is 436 g/mol. The van der Waals surface area contributed by atoms with Crippen molar-refractivity contribution in [1.82, 2.24) is 0 Å². The first-order chi connectivity index (χ1) is 15.3. The summed E-state index contributed by atoms with van der Waals surface area (Å²) in [5.41, 5.74) is -0.0443. The molecule has 10 heteroatoms. The molecule has 170 valence electrons. The van der Waals surface area contributed by atoms with Gasteiger partial charge in [0.15, 0.2) is 18.1 Å². The number of esters is 1. The molecule has 1 atom stereocenters. The third kappa shape index (κ3) is 5.13. The molecule has 0 radical (unpaired) electrons. The van der Waals surface area contributed by atoms with Crippen molar-refractivity contribution in [3.8, 4) is 11.5 Å². The highest BCUT2D eigenvalue weighted by Crippen LogP contribution is 2.38. The minimum absolute atomic E-state index is 0.141. The molecule has 32 heavy (non-hydrogen) atoms. The van der Waals surface area contributed by atoms with Gasteiger partial charge in [0.1, 0.15) is 5.56 Å². The van der Waals surface area contributed by atoms with E-state index in [0.29, 0.717) is 11.8 Å². The van der Waals surface area contributed by atoms with E-state index in [-0.39, 0.29) is 23.7 Å². The maximum Gasteiger partial charge on any atom is 0.345 e. The van der Waals surface area contributed by atoms with Crippen LogP contribution in [0.15, 0.2) is 41.3 Å². The summed E-state index contributed by atoms with van der Waals surface area (Å²) in [5, 5.41) is 11.8. The van der Waals surface area contributed by atoms with Gasteiger partial charge in [0, 0.05) is 22.8 Å². The van der Waals surface area contributed by atoms with Gasteiger partial charge in [-0.2, -0.15) is 0 Å². The molecule has 1 amide bonds. The highest BCUT2D eigenvalue weighted by molar-refractivity contribution is 8.00. The second-order valence-corrected chi connectivity index (χ2v) is 8.50. The molecule has 0 saturated carbocycles. The smallest absolute Gasteiger partial charge is 0.345 e.